The lowest BCUT2D eigenvalue weighted by Crippen LogP contribution is -2.46. The Balaban J connectivity index is 1.94. The molecular weight excluding hydrogens is 234 g/mol. The predicted octanol–water partition coefficient (Wildman–Crippen LogP) is 1.46. The SMILES string of the molecule is NCC1CN(c2nccc3sccc23)CCO1. The molecule has 0 radical (unpaired) electrons. The van der Waals surface area contributed by atoms with Crippen LogP contribution in [0.25, 0.3) is 10.1 Å². The smallest absolute Gasteiger partial charge is 0.137 e. The topological polar surface area (TPSA) is 51.4 Å². The third-order valence-corrected chi connectivity index (χ3v) is 3.94. The van der Waals surface area contributed by atoms with Crippen molar-refractivity contribution in [2.45, 2.75) is 6.10 Å². The second-order valence-electron chi connectivity index (χ2n) is 4.14. The highest BCUT2D eigenvalue weighted by Gasteiger charge is 2.21. The summed E-state index contributed by atoms with van der Waals surface area (Å²) in [5.74, 6) is 1.06. The van der Waals surface area contributed by atoms with Gasteiger partial charge in [0.1, 0.15) is 5.82 Å². The van der Waals surface area contributed by atoms with Crippen LogP contribution in [0.4, 0.5) is 5.82 Å². The molecule has 3 rings (SSSR count). The van der Waals surface area contributed by atoms with Crippen LogP contribution in [-0.4, -0.2) is 37.3 Å². The van der Waals surface area contributed by atoms with Crippen LogP contribution in [0.15, 0.2) is 23.7 Å². The van der Waals surface area contributed by atoms with E-state index in [1.807, 2.05) is 6.20 Å². The van der Waals surface area contributed by atoms with Crippen molar-refractivity contribution in [1.29, 1.82) is 0 Å². The zero-order chi connectivity index (χ0) is 11.7. The molecule has 1 atom stereocenters. The molecule has 2 aromatic rings. The van der Waals surface area contributed by atoms with Crippen LogP contribution >= 0.6 is 11.3 Å². The maximum Gasteiger partial charge on any atom is 0.137 e. The number of rotatable bonds is 2. The summed E-state index contributed by atoms with van der Waals surface area (Å²) in [7, 11) is 0. The van der Waals surface area contributed by atoms with E-state index in [0.717, 1.165) is 25.5 Å². The molecule has 90 valence electrons. The van der Waals surface area contributed by atoms with Gasteiger partial charge in [-0.1, -0.05) is 0 Å². The Hall–Kier alpha value is -1.17. The lowest BCUT2D eigenvalue weighted by atomic mass is 10.2. The molecule has 0 aliphatic carbocycles. The highest BCUT2D eigenvalue weighted by Crippen LogP contribution is 2.29. The average molecular weight is 249 g/mol. The maximum atomic E-state index is 5.67. The quantitative estimate of drug-likeness (QED) is 0.875. The van der Waals surface area contributed by atoms with Gasteiger partial charge in [0.2, 0.25) is 0 Å². The standard InChI is InChI=1S/C12H15N3OS/c13-7-9-8-15(4-5-16-9)12-10-2-6-17-11(10)1-3-14-12/h1-3,6,9H,4-5,7-8,13H2. The van der Waals surface area contributed by atoms with Gasteiger partial charge in [0.05, 0.1) is 12.7 Å². The first-order valence-corrected chi connectivity index (χ1v) is 6.65. The van der Waals surface area contributed by atoms with Crippen molar-refractivity contribution < 1.29 is 4.74 Å². The number of hydrogen-bond acceptors (Lipinski definition) is 5. The van der Waals surface area contributed by atoms with Gasteiger partial charge < -0.3 is 15.4 Å². The van der Waals surface area contributed by atoms with E-state index in [0.29, 0.717) is 6.54 Å². The van der Waals surface area contributed by atoms with E-state index in [9.17, 15) is 0 Å². The lowest BCUT2D eigenvalue weighted by molar-refractivity contribution is 0.0464. The maximum absolute atomic E-state index is 5.67. The van der Waals surface area contributed by atoms with E-state index in [2.05, 4.69) is 27.4 Å². The van der Waals surface area contributed by atoms with Crippen molar-refractivity contribution in [3.05, 3.63) is 23.7 Å². The second kappa shape index (κ2) is 4.60. The molecule has 4 nitrogen and oxygen atoms in total. The van der Waals surface area contributed by atoms with Crippen LogP contribution in [-0.2, 0) is 4.74 Å². The molecule has 0 aromatic carbocycles. The third-order valence-electron chi connectivity index (χ3n) is 3.06. The van der Waals surface area contributed by atoms with Crippen molar-refractivity contribution in [2.75, 3.05) is 31.1 Å². The molecule has 5 heteroatoms. The lowest BCUT2D eigenvalue weighted by Gasteiger charge is -2.33. The number of nitrogens with two attached hydrogens (primary N) is 1. The zero-order valence-corrected chi connectivity index (χ0v) is 10.3. The number of morpholine rings is 1. The summed E-state index contributed by atoms with van der Waals surface area (Å²) in [6.07, 6.45) is 2.00. The van der Waals surface area contributed by atoms with Crippen molar-refractivity contribution in [2.24, 2.45) is 5.73 Å². The summed E-state index contributed by atoms with van der Waals surface area (Å²) in [5, 5.41) is 3.34. The molecule has 1 aliphatic heterocycles. The minimum atomic E-state index is 0.124. The molecular formula is C12H15N3OS. The predicted molar refractivity (Wildman–Crippen MR) is 70.6 cm³/mol. The molecule has 17 heavy (non-hydrogen) atoms. The second-order valence-corrected chi connectivity index (χ2v) is 5.09. The molecule has 2 N–H and O–H groups in total. The van der Waals surface area contributed by atoms with Crippen molar-refractivity contribution in [1.82, 2.24) is 4.98 Å². The minimum Gasteiger partial charge on any atom is -0.373 e. The van der Waals surface area contributed by atoms with Crippen LogP contribution in [0, 0.1) is 0 Å². The summed E-state index contributed by atoms with van der Waals surface area (Å²) in [5.41, 5.74) is 5.67. The Kier molecular flexibility index (Phi) is 2.96. The van der Waals surface area contributed by atoms with E-state index < -0.39 is 0 Å². The first-order chi connectivity index (χ1) is 8.38. The summed E-state index contributed by atoms with van der Waals surface area (Å²) in [6, 6.07) is 4.19. The molecule has 1 saturated heterocycles. The first-order valence-electron chi connectivity index (χ1n) is 5.77. The van der Waals surface area contributed by atoms with Gasteiger partial charge in [-0.15, -0.1) is 11.3 Å². The van der Waals surface area contributed by atoms with Gasteiger partial charge in [0.15, 0.2) is 0 Å². The molecule has 1 fully saturated rings. The van der Waals surface area contributed by atoms with E-state index in [1.165, 1.54) is 10.1 Å². The average Bonchev–Trinajstić information content (AvgIpc) is 2.87. The normalized spacial score (nSPS) is 21.0. The largest absolute Gasteiger partial charge is 0.373 e. The van der Waals surface area contributed by atoms with Gasteiger partial charge in [-0.2, -0.15) is 0 Å². The zero-order valence-electron chi connectivity index (χ0n) is 9.50. The Morgan fingerprint density at radius 3 is 3.35 bits per heavy atom. The van der Waals surface area contributed by atoms with Gasteiger partial charge in [0.25, 0.3) is 0 Å². The molecule has 2 aromatic heterocycles. The molecule has 0 spiro atoms. The van der Waals surface area contributed by atoms with Crippen LogP contribution < -0.4 is 10.6 Å². The first kappa shape index (κ1) is 11.0. The summed E-state index contributed by atoms with van der Waals surface area (Å²) >= 11 is 1.75. The van der Waals surface area contributed by atoms with Crippen LogP contribution in [0.3, 0.4) is 0 Å². The van der Waals surface area contributed by atoms with E-state index in [-0.39, 0.29) is 6.10 Å². The number of nitrogens with zero attached hydrogens (tertiary/aromatic N) is 2. The molecule has 1 unspecified atom stereocenters. The Morgan fingerprint density at radius 2 is 2.47 bits per heavy atom. The molecule has 1 aliphatic rings. The highest BCUT2D eigenvalue weighted by molar-refractivity contribution is 7.17. The Labute approximate surface area is 104 Å². The van der Waals surface area contributed by atoms with Gasteiger partial charge in [-0.3, -0.25) is 0 Å². The minimum absolute atomic E-state index is 0.124. The van der Waals surface area contributed by atoms with Gasteiger partial charge >= 0.3 is 0 Å². The molecule has 0 saturated carbocycles. The Morgan fingerprint density at radius 1 is 1.53 bits per heavy atom. The van der Waals surface area contributed by atoms with Crippen molar-refractivity contribution >= 4 is 27.2 Å². The van der Waals surface area contributed by atoms with E-state index in [4.69, 9.17) is 10.5 Å². The highest BCUT2D eigenvalue weighted by atomic mass is 32.1. The molecule has 3 heterocycles. The number of thiophene rings is 1. The molecule has 0 bridgehead atoms. The number of anilines is 1. The summed E-state index contributed by atoms with van der Waals surface area (Å²) in [6.45, 7) is 3.01. The summed E-state index contributed by atoms with van der Waals surface area (Å²) in [4.78, 5) is 6.78. The fourth-order valence-electron chi connectivity index (χ4n) is 2.19. The number of aromatic nitrogens is 1. The number of fused-ring (bicyclic) bond motifs is 1. The van der Waals surface area contributed by atoms with Crippen molar-refractivity contribution in [3.63, 3.8) is 0 Å². The fraction of sp³-hybridized carbons (Fsp3) is 0.417. The fourth-order valence-corrected chi connectivity index (χ4v) is 2.96. The van der Waals surface area contributed by atoms with Gasteiger partial charge in [-0.05, 0) is 17.5 Å². The third kappa shape index (κ3) is 2.01. The van der Waals surface area contributed by atoms with E-state index in [1.54, 1.807) is 11.3 Å². The Bertz CT molecular complexity index is 513. The van der Waals surface area contributed by atoms with E-state index >= 15 is 0 Å². The summed E-state index contributed by atoms with van der Waals surface area (Å²) < 4.78 is 6.86. The van der Waals surface area contributed by atoms with Gasteiger partial charge in [0, 0.05) is 35.9 Å². The van der Waals surface area contributed by atoms with Crippen LogP contribution in [0.2, 0.25) is 0 Å². The van der Waals surface area contributed by atoms with Crippen LogP contribution in [0.1, 0.15) is 0 Å². The number of pyridine rings is 1. The van der Waals surface area contributed by atoms with Crippen LogP contribution in [0.5, 0.6) is 0 Å². The van der Waals surface area contributed by atoms with Gasteiger partial charge in [-0.25, -0.2) is 4.98 Å². The molecule has 0 amide bonds. The number of hydrogen-bond donors (Lipinski definition) is 1. The number of ether oxygens (including phenoxy) is 1. The monoisotopic (exact) mass is 249 g/mol. The van der Waals surface area contributed by atoms with Crippen molar-refractivity contribution in [3.8, 4) is 0 Å².